The number of amides is 1. The van der Waals surface area contributed by atoms with Gasteiger partial charge in [-0.3, -0.25) is 14.2 Å². The average Bonchev–Trinajstić information content (AvgIpc) is 2.79. The van der Waals surface area contributed by atoms with E-state index in [-0.39, 0.29) is 23.1 Å². The van der Waals surface area contributed by atoms with Gasteiger partial charge in [0, 0.05) is 42.9 Å². The smallest absolute Gasteiger partial charge is 0.265 e. The standard InChI is InChI=1S/C23H25N3O4/c1-3-26-21-16(12-17(14-24-21)15-4-6-19(29-2)7-5-15)13-20(23(26)28)22(27)25-18-8-10-30-11-9-18/h4-7,12-14,18H,3,8-11H2,1-2H3,(H,25,27). The van der Waals surface area contributed by atoms with Crippen LogP contribution >= 0.6 is 0 Å². The Balaban J connectivity index is 1.74. The molecule has 1 amide bonds. The molecule has 30 heavy (non-hydrogen) atoms. The first-order valence-electron chi connectivity index (χ1n) is 10.2. The summed E-state index contributed by atoms with van der Waals surface area (Å²) in [4.78, 5) is 30.3. The molecule has 0 saturated carbocycles. The highest BCUT2D eigenvalue weighted by atomic mass is 16.5. The molecule has 0 unspecified atom stereocenters. The van der Waals surface area contributed by atoms with Crippen LogP contribution in [0.2, 0.25) is 0 Å². The molecule has 7 heteroatoms. The normalized spacial score (nSPS) is 14.6. The number of aryl methyl sites for hydroxylation is 1. The minimum Gasteiger partial charge on any atom is -0.497 e. The van der Waals surface area contributed by atoms with Crippen LogP contribution < -0.4 is 15.6 Å². The predicted octanol–water partition coefficient (Wildman–Crippen LogP) is 3.00. The number of hydrogen-bond donors (Lipinski definition) is 1. The zero-order chi connectivity index (χ0) is 21.1. The number of nitrogens with one attached hydrogen (secondary N) is 1. The lowest BCUT2D eigenvalue weighted by Crippen LogP contribution is -2.41. The molecule has 1 fully saturated rings. The first-order valence-corrected chi connectivity index (χ1v) is 10.2. The van der Waals surface area contributed by atoms with Gasteiger partial charge in [-0.15, -0.1) is 0 Å². The Hall–Kier alpha value is -3.19. The number of benzene rings is 1. The lowest BCUT2D eigenvalue weighted by atomic mass is 10.0. The Kier molecular flexibility index (Phi) is 5.81. The third-order valence-electron chi connectivity index (χ3n) is 5.47. The van der Waals surface area contributed by atoms with E-state index < -0.39 is 0 Å². The number of ether oxygens (including phenoxy) is 2. The second-order valence-electron chi connectivity index (χ2n) is 7.33. The summed E-state index contributed by atoms with van der Waals surface area (Å²) in [5, 5.41) is 3.74. The van der Waals surface area contributed by atoms with Gasteiger partial charge in [-0.2, -0.15) is 0 Å². The fourth-order valence-corrected chi connectivity index (χ4v) is 3.77. The number of carbonyl (C=O) groups excluding carboxylic acids is 1. The van der Waals surface area contributed by atoms with Crippen molar-refractivity contribution in [3.8, 4) is 16.9 Å². The lowest BCUT2D eigenvalue weighted by molar-refractivity contribution is 0.0695. The summed E-state index contributed by atoms with van der Waals surface area (Å²) in [6.07, 6.45) is 3.26. The third kappa shape index (κ3) is 3.93. The van der Waals surface area contributed by atoms with Gasteiger partial charge < -0.3 is 14.8 Å². The quantitative estimate of drug-likeness (QED) is 0.703. The molecule has 1 saturated heterocycles. The second-order valence-corrected chi connectivity index (χ2v) is 7.33. The molecule has 0 bridgehead atoms. The number of nitrogens with zero attached hydrogens (tertiary/aromatic N) is 2. The van der Waals surface area contributed by atoms with Crippen LogP contribution in [0.4, 0.5) is 0 Å². The van der Waals surface area contributed by atoms with Crippen molar-refractivity contribution in [1.29, 1.82) is 0 Å². The molecule has 2 aromatic heterocycles. The van der Waals surface area contributed by atoms with E-state index in [1.807, 2.05) is 37.3 Å². The van der Waals surface area contributed by atoms with Gasteiger partial charge in [-0.25, -0.2) is 4.98 Å². The average molecular weight is 407 g/mol. The van der Waals surface area contributed by atoms with Gasteiger partial charge in [-0.1, -0.05) is 12.1 Å². The summed E-state index contributed by atoms with van der Waals surface area (Å²) in [5.41, 5.74) is 2.28. The Morgan fingerprint density at radius 1 is 1.20 bits per heavy atom. The van der Waals surface area contributed by atoms with Crippen LogP contribution in [0.25, 0.3) is 22.2 Å². The zero-order valence-electron chi connectivity index (χ0n) is 17.2. The van der Waals surface area contributed by atoms with E-state index in [0.29, 0.717) is 25.4 Å². The molecule has 0 radical (unpaired) electrons. The SMILES string of the molecule is CCn1c(=O)c(C(=O)NC2CCOCC2)cc2cc(-c3ccc(OC)cc3)cnc21. The fraction of sp³-hybridized carbons (Fsp3) is 0.348. The van der Waals surface area contributed by atoms with Crippen LogP contribution in [0.3, 0.4) is 0 Å². The summed E-state index contributed by atoms with van der Waals surface area (Å²) >= 11 is 0. The minimum atomic E-state index is -0.342. The zero-order valence-corrected chi connectivity index (χ0v) is 17.2. The Morgan fingerprint density at radius 3 is 2.60 bits per heavy atom. The van der Waals surface area contributed by atoms with Crippen molar-refractivity contribution >= 4 is 16.9 Å². The highest BCUT2D eigenvalue weighted by Crippen LogP contribution is 2.25. The van der Waals surface area contributed by atoms with Crippen molar-refractivity contribution in [3.05, 3.63) is 58.5 Å². The molecule has 1 aliphatic rings. The van der Waals surface area contributed by atoms with Crippen molar-refractivity contribution in [2.45, 2.75) is 32.4 Å². The van der Waals surface area contributed by atoms with E-state index in [9.17, 15) is 9.59 Å². The molecule has 4 rings (SSSR count). The van der Waals surface area contributed by atoms with Crippen LogP contribution in [0.1, 0.15) is 30.1 Å². The summed E-state index contributed by atoms with van der Waals surface area (Å²) in [5.74, 6) is 0.435. The predicted molar refractivity (Wildman–Crippen MR) is 115 cm³/mol. The molecule has 0 spiro atoms. The van der Waals surface area contributed by atoms with Gasteiger partial charge in [0.05, 0.1) is 7.11 Å². The lowest BCUT2D eigenvalue weighted by Gasteiger charge is -2.23. The van der Waals surface area contributed by atoms with Gasteiger partial charge in [-0.05, 0) is 49.6 Å². The van der Waals surface area contributed by atoms with E-state index in [4.69, 9.17) is 9.47 Å². The molecule has 0 aliphatic carbocycles. The van der Waals surface area contributed by atoms with Crippen molar-refractivity contribution in [3.63, 3.8) is 0 Å². The number of hydrogen-bond acceptors (Lipinski definition) is 5. The number of pyridine rings is 2. The maximum atomic E-state index is 12.9. The van der Waals surface area contributed by atoms with Gasteiger partial charge >= 0.3 is 0 Å². The van der Waals surface area contributed by atoms with Crippen LogP contribution in [0.15, 0.2) is 47.4 Å². The molecular formula is C23H25N3O4. The van der Waals surface area contributed by atoms with Crippen LogP contribution in [-0.2, 0) is 11.3 Å². The number of carbonyl (C=O) groups is 1. The maximum Gasteiger partial charge on any atom is 0.265 e. The van der Waals surface area contributed by atoms with Crippen LogP contribution in [0.5, 0.6) is 5.75 Å². The summed E-state index contributed by atoms with van der Waals surface area (Å²) < 4.78 is 12.1. The van der Waals surface area contributed by atoms with Crippen molar-refractivity contribution in [2.75, 3.05) is 20.3 Å². The van der Waals surface area contributed by atoms with Gasteiger partial charge in [0.15, 0.2) is 0 Å². The van der Waals surface area contributed by atoms with Crippen LogP contribution in [-0.4, -0.2) is 41.8 Å². The molecule has 3 aromatic rings. The van der Waals surface area contributed by atoms with E-state index in [1.165, 1.54) is 0 Å². The monoisotopic (exact) mass is 407 g/mol. The first kappa shape index (κ1) is 20.1. The summed E-state index contributed by atoms with van der Waals surface area (Å²) in [6.45, 7) is 3.55. The summed E-state index contributed by atoms with van der Waals surface area (Å²) in [7, 11) is 1.63. The number of methoxy groups -OCH3 is 1. The Bertz CT molecular complexity index is 1120. The third-order valence-corrected chi connectivity index (χ3v) is 5.47. The fourth-order valence-electron chi connectivity index (χ4n) is 3.77. The minimum absolute atomic E-state index is 0.0279. The second kappa shape index (κ2) is 8.67. The van der Waals surface area contributed by atoms with Gasteiger partial charge in [0.1, 0.15) is 17.0 Å². The molecule has 1 aromatic carbocycles. The van der Waals surface area contributed by atoms with E-state index >= 15 is 0 Å². The van der Waals surface area contributed by atoms with Crippen molar-refractivity contribution in [2.24, 2.45) is 0 Å². The Morgan fingerprint density at radius 2 is 1.93 bits per heavy atom. The van der Waals surface area contributed by atoms with Crippen LogP contribution in [0, 0.1) is 0 Å². The number of aromatic nitrogens is 2. The van der Waals surface area contributed by atoms with Gasteiger partial charge in [0.25, 0.3) is 11.5 Å². The molecule has 7 nitrogen and oxygen atoms in total. The van der Waals surface area contributed by atoms with Gasteiger partial charge in [0.2, 0.25) is 0 Å². The molecule has 3 heterocycles. The summed E-state index contributed by atoms with van der Waals surface area (Å²) in [6, 6.07) is 11.3. The molecular weight excluding hydrogens is 382 g/mol. The number of rotatable bonds is 5. The van der Waals surface area contributed by atoms with E-state index in [2.05, 4.69) is 10.3 Å². The maximum absolute atomic E-state index is 12.9. The Labute approximate surface area is 174 Å². The molecule has 156 valence electrons. The molecule has 1 aliphatic heterocycles. The number of fused-ring (bicyclic) bond motifs is 1. The van der Waals surface area contributed by atoms with E-state index in [0.717, 1.165) is 35.1 Å². The van der Waals surface area contributed by atoms with Crippen molar-refractivity contribution < 1.29 is 14.3 Å². The highest BCUT2D eigenvalue weighted by Gasteiger charge is 2.21. The molecule has 1 N–H and O–H groups in total. The topological polar surface area (TPSA) is 82.5 Å². The van der Waals surface area contributed by atoms with E-state index in [1.54, 1.807) is 23.9 Å². The van der Waals surface area contributed by atoms with Crippen molar-refractivity contribution in [1.82, 2.24) is 14.9 Å². The largest absolute Gasteiger partial charge is 0.497 e. The first-order chi connectivity index (χ1) is 14.6. The molecule has 0 atom stereocenters. The highest BCUT2D eigenvalue weighted by molar-refractivity contribution is 5.97.